The zero-order chi connectivity index (χ0) is 17.2. The van der Waals surface area contributed by atoms with Gasteiger partial charge in [0.1, 0.15) is 6.10 Å². The Labute approximate surface area is 144 Å². The van der Waals surface area contributed by atoms with Crippen LogP contribution in [-0.2, 0) is 23.0 Å². The normalized spacial score (nSPS) is 19.2. The maximum Gasteiger partial charge on any atom is 0.231 e. The Hall–Kier alpha value is -2.68. The van der Waals surface area contributed by atoms with Crippen molar-refractivity contribution in [3.8, 4) is 11.5 Å². The van der Waals surface area contributed by atoms with E-state index in [1.807, 2.05) is 23.1 Å². The van der Waals surface area contributed by atoms with Crippen molar-refractivity contribution in [1.29, 1.82) is 0 Å². The number of morpholine rings is 1. The van der Waals surface area contributed by atoms with Gasteiger partial charge >= 0.3 is 0 Å². The number of nitrogens with zero attached hydrogens (tertiary/aromatic N) is 5. The lowest BCUT2D eigenvalue weighted by atomic mass is 10.1. The van der Waals surface area contributed by atoms with E-state index in [9.17, 15) is 4.79 Å². The van der Waals surface area contributed by atoms with E-state index in [-0.39, 0.29) is 18.8 Å². The van der Waals surface area contributed by atoms with Crippen molar-refractivity contribution in [3.63, 3.8) is 0 Å². The third kappa shape index (κ3) is 3.27. The molecule has 2 aliphatic heterocycles. The minimum absolute atomic E-state index is 0.0982. The molecule has 1 unspecified atom stereocenters. The Balaban J connectivity index is 1.35. The van der Waals surface area contributed by atoms with Crippen LogP contribution in [0, 0.1) is 0 Å². The molecule has 1 aromatic carbocycles. The van der Waals surface area contributed by atoms with Gasteiger partial charge in [-0.25, -0.2) is 4.68 Å². The van der Waals surface area contributed by atoms with Crippen LogP contribution in [0.2, 0.25) is 0 Å². The lowest BCUT2D eigenvalue weighted by molar-refractivity contribution is -0.139. The van der Waals surface area contributed by atoms with Crippen LogP contribution in [-0.4, -0.2) is 57.5 Å². The average Bonchev–Trinajstić information content (AvgIpc) is 3.27. The van der Waals surface area contributed by atoms with Crippen LogP contribution in [0.5, 0.6) is 11.5 Å². The summed E-state index contributed by atoms with van der Waals surface area (Å²) in [4.78, 5) is 14.4. The summed E-state index contributed by atoms with van der Waals surface area (Å²) in [6.07, 6.45) is 0.801. The van der Waals surface area contributed by atoms with E-state index in [1.165, 1.54) is 0 Å². The summed E-state index contributed by atoms with van der Waals surface area (Å²) in [5, 5.41) is 11.4. The maximum atomic E-state index is 12.6. The summed E-state index contributed by atoms with van der Waals surface area (Å²) in [7, 11) is 1.76. The highest BCUT2D eigenvalue weighted by Gasteiger charge is 2.28. The van der Waals surface area contributed by atoms with Crippen LogP contribution in [0.15, 0.2) is 18.2 Å². The van der Waals surface area contributed by atoms with Gasteiger partial charge in [-0.15, -0.1) is 5.10 Å². The lowest BCUT2D eigenvalue weighted by Gasteiger charge is -2.32. The van der Waals surface area contributed by atoms with E-state index < -0.39 is 0 Å². The Morgan fingerprint density at radius 3 is 3.04 bits per heavy atom. The smallest absolute Gasteiger partial charge is 0.231 e. The molecule has 25 heavy (non-hydrogen) atoms. The number of benzene rings is 1. The Bertz CT molecular complexity index is 778. The van der Waals surface area contributed by atoms with Crippen LogP contribution in [0.25, 0.3) is 0 Å². The first-order valence-electron chi connectivity index (χ1n) is 8.21. The molecule has 2 aromatic rings. The fourth-order valence-corrected chi connectivity index (χ4v) is 3.05. The topological polar surface area (TPSA) is 91.6 Å². The summed E-state index contributed by atoms with van der Waals surface area (Å²) in [5.74, 6) is 2.23. The second kappa shape index (κ2) is 6.67. The fraction of sp³-hybridized carbons (Fsp3) is 0.500. The highest BCUT2D eigenvalue weighted by molar-refractivity contribution is 5.76. The van der Waals surface area contributed by atoms with E-state index in [2.05, 4.69) is 15.5 Å². The number of amides is 1. The number of tetrazole rings is 1. The second-order valence-corrected chi connectivity index (χ2v) is 6.05. The molecule has 132 valence electrons. The third-order valence-corrected chi connectivity index (χ3v) is 4.42. The zero-order valence-corrected chi connectivity index (χ0v) is 13.9. The molecule has 1 fully saturated rings. The van der Waals surface area contributed by atoms with Gasteiger partial charge in [-0.05, 0) is 34.5 Å². The number of aromatic nitrogens is 4. The van der Waals surface area contributed by atoms with Gasteiger partial charge in [-0.2, -0.15) is 0 Å². The predicted octanol–water partition coefficient (Wildman–Crippen LogP) is 0.471. The van der Waals surface area contributed by atoms with Gasteiger partial charge in [-0.3, -0.25) is 4.79 Å². The number of rotatable bonds is 4. The Morgan fingerprint density at radius 2 is 2.20 bits per heavy atom. The van der Waals surface area contributed by atoms with Gasteiger partial charge in [0.2, 0.25) is 12.7 Å². The Morgan fingerprint density at radius 1 is 1.32 bits per heavy atom. The summed E-state index contributed by atoms with van der Waals surface area (Å²) < 4.78 is 18.0. The van der Waals surface area contributed by atoms with Gasteiger partial charge in [0.25, 0.3) is 0 Å². The number of ether oxygens (including phenoxy) is 3. The average molecular weight is 345 g/mol. The number of fused-ring (bicyclic) bond motifs is 1. The van der Waals surface area contributed by atoms with Gasteiger partial charge in [0.05, 0.1) is 13.2 Å². The third-order valence-electron chi connectivity index (χ3n) is 4.42. The van der Waals surface area contributed by atoms with Crippen molar-refractivity contribution in [3.05, 3.63) is 29.6 Å². The minimum atomic E-state index is -0.289. The molecule has 0 saturated carbocycles. The van der Waals surface area contributed by atoms with Crippen molar-refractivity contribution in [2.45, 2.75) is 18.9 Å². The molecule has 0 radical (unpaired) electrons. The quantitative estimate of drug-likeness (QED) is 0.795. The van der Waals surface area contributed by atoms with Gasteiger partial charge in [0, 0.05) is 20.0 Å². The van der Waals surface area contributed by atoms with Gasteiger partial charge < -0.3 is 19.1 Å². The lowest BCUT2D eigenvalue weighted by Crippen LogP contribution is -2.43. The monoisotopic (exact) mass is 345 g/mol. The highest BCUT2D eigenvalue weighted by Crippen LogP contribution is 2.32. The summed E-state index contributed by atoms with van der Waals surface area (Å²) in [5.41, 5.74) is 1.06. The molecule has 1 saturated heterocycles. The molecule has 2 aliphatic rings. The Kier molecular flexibility index (Phi) is 4.22. The summed E-state index contributed by atoms with van der Waals surface area (Å²) in [6.45, 7) is 1.78. The van der Waals surface area contributed by atoms with Gasteiger partial charge in [0.15, 0.2) is 17.3 Å². The van der Waals surface area contributed by atoms with Crippen molar-refractivity contribution in [2.24, 2.45) is 7.05 Å². The number of hydrogen-bond donors (Lipinski definition) is 0. The van der Waals surface area contributed by atoms with Gasteiger partial charge in [-0.1, -0.05) is 6.07 Å². The molecule has 4 rings (SSSR count). The maximum absolute atomic E-state index is 12.6. The molecule has 0 aliphatic carbocycles. The largest absolute Gasteiger partial charge is 0.454 e. The van der Waals surface area contributed by atoms with E-state index in [4.69, 9.17) is 14.2 Å². The molecule has 9 heteroatoms. The SMILES string of the molecule is Cn1nnnc1C1CN(C(=O)CCc2ccc3c(c2)OCO3)CCO1. The number of carbonyl (C=O) groups excluding carboxylic acids is 1. The fourth-order valence-electron chi connectivity index (χ4n) is 3.05. The molecule has 9 nitrogen and oxygen atoms in total. The van der Waals surface area contributed by atoms with E-state index >= 15 is 0 Å². The minimum Gasteiger partial charge on any atom is -0.454 e. The molecule has 1 aromatic heterocycles. The standard InChI is InChI=1S/C16H19N5O4/c1-20-16(17-18-19-20)14-9-21(6-7-23-14)15(22)5-3-11-2-4-12-13(8-11)25-10-24-12/h2,4,8,14H,3,5-7,9-10H2,1H3. The van der Waals surface area contributed by atoms with Crippen LogP contribution >= 0.6 is 0 Å². The van der Waals surface area contributed by atoms with E-state index in [1.54, 1.807) is 11.7 Å². The predicted molar refractivity (Wildman–Crippen MR) is 85.0 cm³/mol. The molecule has 1 amide bonds. The molecule has 0 spiro atoms. The number of aryl methyl sites for hydroxylation is 2. The van der Waals surface area contributed by atoms with Crippen LogP contribution in [0.3, 0.4) is 0 Å². The molecule has 3 heterocycles. The molecule has 0 bridgehead atoms. The summed E-state index contributed by atoms with van der Waals surface area (Å²) in [6, 6.07) is 5.78. The van der Waals surface area contributed by atoms with Crippen LogP contribution in [0.4, 0.5) is 0 Å². The van der Waals surface area contributed by atoms with E-state index in [0.29, 0.717) is 38.4 Å². The molecular weight excluding hydrogens is 326 g/mol. The highest BCUT2D eigenvalue weighted by atomic mass is 16.7. The first-order valence-corrected chi connectivity index (χ1v) is 8.21. The second-order valence-electron chi connectivity index (χ2n) is 6.05. The summed E-state index contributed by atoms with van der Waals surface area (Å²) >= 11 is 0. The first-order chi connectivity index (χ1) is 12.2. The van der Waals surface area contributed by atoms with Crippen molar-refractivity contribution in [2.75, 3.05) is 26.5 Å². The van der Waals surface area contributed by atoms with Crippen molar-refractivity contribution >= 4 is 5.91 Å². The number of carbonyl (C=O) groups is 1. The molecule has 0 N–H and O–H groups in total. The van der Waals surface area contributed by atoms with Crippen molar-refractivity contribution in [1.82, 2.24) is 25.1 Å². The van der Waals surface area contributed by atoms with Crippen LogP contribution < -0.4 is 9.47 Å². The number of hydrogen-bond acceptors (Lipinski definition) is 7. The molecular formula is C16H19N5O4. The van der Waals surface area contributed by atoms with E-state index in [0.717, 1.165) is 17.1 Å². The van der Waals surface area contributed by atoms with Crippen molar-refractivity contribution < 1.29 is 19.0 Å². The van der Waals surface area contributed by atoms with Crippen LogP contribution in [0.1, 0.15) is 23.9 Å². The first kappa shape index (κ1) is 15.8. The molecule has 1 atom stereocenters. The zero-order valence-electron chi connectivity index (χ0n) is 13.9.